The molecule has 0 saturated carbocycles. The number of Topliss-reactive ketones (excluding diaryl/α,β-unsaturated/α-hetero) is 1. The van der Waals surface area contributed by atoms with E-state index >= 15 is 0 Å². The third-order valence-electron chi connectivity index (χ3n) is 6.79. The number of imide groups is 1. The first-order chi connectivity index (χ1) is 20.3. The molecule has 5 rings (SSSR count). The number of carbonyl (C=O) groups is 3. The summed E-state index contributed by atoms with van der Waals surface area (Å²) in [5, 5.41) is 0.605. The second-order valence-electron chi connectivity index (χ2n) is 13.2. The number of anilines is 1. The Morgan fingerprint density at radius 2 is 1.48 bits per heavy atom. The Morgan fingerprint density at radius 3 is 2.05 bits per heavy atom. The third-order valence-corrected chi connectivity index (χ3v) is 6.79. The SMILES string of the molecule is Cc1nc(N(C(=O)OC(C)(C)C)C(=O)OC(C)(C)C)nc2c1ccn2[C@@H]1O[C@H](C(=O)c2ccc(F)cc2)[C@H]2OC(C)(C)O[C@H]21. The van der Waals surface area contributed by atoms with Crippen LogP contribution < -0.4 is 4.90 Å². The first-order valence-electron chi connectivity index (χ1n) is 14.3. The number of aromatic nitrogens is 3. The Morgan fingerprint density at radius 1 is 0.909 bits per heavy atom. The number of ketones is 1. The molecule has 236 valence electrons. The standard InChI is InChI=1S/C31H37FN4O8/c1-16-19-14-15-35(24(19)34-26(33-16)36(27(38)43-29(2,3)4)28(39)44-30(5,6)7)25-23-22(41-31(8,9)42-23)21(40-25)20(37)17-10-12-18(32)13-11-17/h10-15,21-23,25H,1-9H3/t21-,22-,23-,25-/m1/s1. The third kappa shape index (κ3) is 6.30. The summed E-state index contributed by atoms with van der Waals surface area (Å²) in [6, 6.07) is 6.94. The van der Waals surface area contributed by atoms with Crippen molar-refractivity contribution in [2.24, 2.45) is 0 Å². The van der Waals surface area contributed by atoms with E-state index in [1.807, 2.05) is 0 Å². The van der Waals surface area contributed by atoms with Crippen molar-refractivity contribution in [1.29, 1.82) is 0 Å². The first-order valence-corrected chi connectivity index (χ1v) is 14.3. The van der Waals surface area contributed by atoms with Crippen molar-refractivity contribution in [2.45, 2.75) is 104 Å². The fraction of sp³-hybridized carbons (Fsp3) is 0.516. The molecule has 3 aromatic rings. The molecule has 44 heavy (non-hydrogen) atoms. The topological polar surface area (TPSA) is 131 Å². The van der Waals surface area contributed by atoms with Crippen LogP contribution in [0.15, 0.2) is 36.5 Å². The Hall–Kier alpha value is -3.94. The van der Waals surface area contributed by atoms with Gasteiger partial charge in [0.1, 0.15) is 34.9 Å². The Kier molecular flexibility index (Phi) is 7.80. The number of rotatable bonds is 4. The van der Waals surface area contributed by atoms with E-state index in [2.05, 4.69) is 9.97 Å². The number of hydrogen-bond acceptors (Lipinski definition) is 10. The van der Waals surface area contributed by atoms with Crippen LogP contribution in [0, 0.1) is 12.7 Å². The normalized spacial score (nSPS) is 23.0. The molecule has 0 bridgehead atoms. The summed E-state index contributed by atoms with van der Waals surface area (Å²) >= 11 is 0. The molecule has 2 aliphatic rings. The van der Waals surface area contributed by atoms with Gasteiger partial charge in [0.25, 0.3) is 0 Å². The van der Waals surface area contributed by atoms with Crippen LogP contribution in [-0.4, -0.2) is 67.8 Å². The minimum absolute atomic E-state index is 0.257. The highest BCUT2D eigenvalue weighted by Gasteiger charge is 2.58. The number of amides is 2. The average Bonchev–Trinajstić information content (AvgIpc) is 3.52. The van der Waals surface area contributed by atoms with Gasteiger partial charge in [0.15, 0.2) is 23.9 Å². The van der Waals surface area contributed by atoms with Crippen molar-refractivity contribution in [3.63, 3.8) is 0 Å². The van der Waals surface area contributed by atoms with E-state index in [0.29, 0.717) is 21.6 Å². The summed E-state index contributed by atoms with van der Waals surface area (Å²) in [5.74, 6) is -2.16. The fourth-order valence-corrected chi connectivity index (χ4v) is 5.12. The number of halogens is 1. The largest absolute Gasteiger partial charge is 0.443 e. The van der Waals surface area contributed by atoms with E-state index in [0.717, 1.165) is 0 Å². The number of carbonyl (C=O) groups excluding carboxylic acids is 3. The van der Waals surface area contributed by atoms with E-state index in [-0.39, 0.29) is 11.5 Å². The van der Waals surface area contributed by atoms with Gasteiger partial charge in [-0.25, -0.2) is 19.0 Å². The van der Waals surface area contributed by atoms with E-state index < -0.39 is 65.3 Å². The highest BCUT2D eigenvalue weighted by Crippen LogP contribution is 2.45. The second kappa shape index (κ2) is 10.9. The Balaban J connectivity index is 1.57. The number of nitrogens with zero attached hydrogens (tertiary/aromatic N) is 4. The van der Waals surface area contributed by atoms with Gasteiger partial charge in [-0.3, -0.25) is 4.79 Å². The van der Waals surface area contributed by atoms with Crippen molar-refractivity contribution >= 4 is 35.0 Å². The predicted molar refractivity (Wildman–Crippen MR) is 156 cm³/mol. The Labute approximate surface area is 254 Å². The maximum atomic E-state index is 13.6. The van der Waals surface area contributed by atoms with Gasteiger partial charge in [0.05, 0.1) is 5.69 Å². The average molecular weight is 613 g/mol. The molecular weight excluding hydrogens is 575 g/mol. The van der Waals surface area contributed by atoms with E-state index in [1.165, 1.54) is 24.3 Å². The lowest BCUT2D eigenvalue weighted by Crippen LogP contribution is -2.44. The van der Waals surface area contributed by atoms with Crippen molar-refractivity contribution in [3.8, 4) is 0 Å². The smallest absolute Gasteiger partial charge is 0.427 e. The molecule has 2 fully saturated rings. The molecule has 0 N–H and O–H groups in total. The summed E-state index contributed by atoms with van der Waals surface area (Å²) in [5.41, 5.74) is -0.841. The van der Waals surface area contributed by atoms with E-state index in [4.69, 9.17) is 23.7 Å². The number of benzene rings is 1. The van der Waals surface area contributed by atoms with E-state index in [1.54, 1.807) is 79.1 Å². The number of ether oxygens (including phenoxy) is 5. The van der Waals surface area contributed by atoms with Gasteiger partial charge in [0.2, 0.25) is 5.95 Å². The molecule has 4 heterocycles. The molecule has 2 amide bonds. The number of hydrogen-bond donors (Lipinski definition) is 0. The molecule has 0 spiro atoms. The fourth-order valence-electron chi connectivity index (χ4n) is 5.12. The summed E-state index contributed by atoms with van der Waals surface area (Å²) in [4.78, 5) is 49.8. The molecule has 4 atom stereocenters. The zero-order valence-corrected chi connectivity index (χ0v) is 26.2. The lowest BCUT2D eigenvalue weighted by Gasteiger charge is -2.28. The lowest BCUT2D eigenvalue weighted by molar-refractivity contribution is -0.190. The van der Waals surface area contributed by atoms with E-state index in [9.17, 15) is 18.8 Å². The van der Waals surface area contributed by atoms with Crippen molar-refractivity contribution < 1.29 is 42.5 Å². The molecule has 12 nitrogen and oxygen atoms in total. The van der Waals surface area contributed by atoms with Crippen LogP contribution in [0.5, 0.6) is 0 Å². The van der Waals surface area contributed by atoms with Crippen LogP contribution in [0.3, 0.4) is 0 Å². The van der Waals surface area contributed by atoms with Crippen LogP contribution >= 0.6 is 0 Å². The Bertz CT molecular complexity index is 1580. The highest BCUT2D eigenvalue weighted by atomic mass is 19.1. The minimum Gasteiger partial charge on any atom is -0.443 e. The minimum atomic E-state index is -1.07. The lowest BCUT2D eigenvalue weighted by atomic mass is 10.0. The number of fused-ring (bicyclic) bond motifs is 2. The van der Waals surface area contributed by atoms with Gasteiger partial charge in [-0.15, -0.1) is 4.90 Å². The quantitative estimate of drug-likeness (QED) is 0.330. The molecule has 13 heteroatoms. The molecule has 0 aliphatic carbocycles. The van der Waals surface area contributed by atoms with Gasteiger partial charge >= 0.3 is 12.2 Å². The predicted octanol–water partition coefficient (Wildman–Crippen LogP) is 5.86. The van der Waals surface area contributed by atoms with Gasteiger partial charge in [-0.1, -0.05) is 0 Å². The zero-order chi connectivity index (χ0) is 32.4. The highest BCUT2D eigenvalue weighted by molar-refractivity contribution is 6.08. The van der Waals surface area contributed by atoms with Gasteiger partial charge < -0.3 is 28.3 Å². The van der Waals surface area contributed by atoms with Crippen molar-refractivity contribution in [2.75, 3.05) is 4.90 Å². The van der Waals surface area contributed by atoms with Crippen LogP contribution in [-0.2, 0) is 23.7 Å². The molecule has 2 aromatic heterocycles. The monoisotopic (exact) mass is 612 g/mol. The van der Waals surface area contributed by atoms with Gasteiger partial charge in [0, 0.05) is 17.1 Å². The van der Waals surface area contributed by atoms with Crippen LogP contribution in [0.4, 0.5) is 19.9 Å². The van der Waals surface area contributed by atoms with Crippen molar-refractivity contribution in [3.05, 3.63) is 53.6 Å². The molecule has 2 saturated heterocycles. The summed E-state index contributed by atoms with van der Waals surface area (Å²) in [6.45, 7) is 15.2. The first kappa shape index (κ1) is 31.5. The molecular formula is C31H37FN4O8. The maximum Gasteiger partial charge on any atom is 0.427 e. The molecule has 1 aromatic carbocycles. The summed E-state index contributed by atoms with van der Waals surface area (Å²) < 4.78 is 44.8. The van der Waals surface area contributed by atoms with Gasteiger partial charge in [-0.2, -0.15) is 4.98 Å². The van der Waals surface area contributed by atoms with Crippen LogP contribution in [0.25, 0.3) is 11.0 Å². The molecule has 0 unspecified atom stereocenters. The zero-order valence-electron chi connectivity index (χ0n) is 26.2. The summed E-state index contributed by atoms with van der Waals surface area (Å²) in [6.07, 6.45) is -3.82. The second-order valence-corrected chi connectivity index (χ2v) is 13.2. The van der Waals surface area contributed by atoms with Crippen LogP contribution in [0.1, 0.15) is 77.7 Å². The van der Waals surface area contributed by atoms with Crippen LogP contribution in [0.2, 0.25) is 0 Å². The van der Waals surface area contributed by atoms with Crippen molar-refractivity contribution in [1.82, 2.24) is 14.5 Å². The number of aryl methyl sites for hydroxylation is 1. The summed E-state index contributed by atoms with van der Waals surface area (Å²) in [7, 11) is 0. The molecule has 0 radical (unpaired) electrons. The van der Waals surface area contributed by atoms with Gasteiger partial charge in [-0.05, 0) is 92.6 Å². The molecule has 2 aliphatic heterocycles. The maximum absolute atomic E-state index is 13.6.